The molecule has 4 heteroatoms. The molecule has 0 aliphatic heterocycles. The van der Waals surface area contributed by atoms with E-state index in [0.29, 0.717) is 18.5 Å². The van der Waals surface area contributed by atoms with Crippen molar-refractivity contribution in [3.05, 3.63) is 35.0 Å². The van der Waals surface area contributed by atoms with E-state index in [-0.39, 0.29) is 6.61 Å². The second kappa shape index (κ2) is 4.82. The van der Waals surface area contributed by atoms with E-state index in [1.54, 1.807) is 0 Å². The summed E-state index contributed by atoms with van der Waals surface area (Å²) in [7, 11) is 0. The van der Waals surface area contributed by atoms with Crippen molar-refractivity contribution in [2.24, 2.45) is 0 Å². The maximum atomic E-state index is 11.4. The summed E-state index contributed by atoms with van der Waals surface area (Å²) in [6, 6.07) is 3.80. The molecule has 0 aliphatic carbocycles. The Hall–Kier alpha value is -1.81. The Labute approximate surface area is 105 Å². The number of aryl methyl sites for hydroxylation is 3. The molecule has 0 aliphatic rings. The molecule has 0 bridgehead atoms. The molecule has 2 rings (SSSR count). The van der Waals surface area contributed by atoms with Crippen LogP contribution in [0.1, 0.15) is 27.9 Å². The molecule has 18 heavy (non-hydrogen) atoms. The fourth-order valence-electron chi connectivity index (χ4n) is 2.36. The fourth-order valence-corrected chi connectivity index (χ4v) is 2.36. The number of aromatic carboxylic acids is 1. The molecular formula is C14H17NO3. The van der Waals surface area contributed by atoms with E-state index in [1.165, 1.54) is 0 Å². The smallest absolute Gasteiger partial charge is 0.338 e. The minimum Gasteiger partial charge on any atom is -0.478 e. The summed E-state index contributed by atoms with van der Waals surface area (Å²) < 4.78 is 1.93. The summed E-state index contributed by atoms with van der Waals surface area (Å²) in [5, 5.41) is 19.2. The first-order valence-electron chi connectivity index (χ1n) is 5.99. The van der Waals surface area contributed by atoms with Gasteiger partial charge in [-0.25, -0.2) is 4.79 Å². The second-order valence-corrected chi connectivity index (χ2v) is 4.54. The van der Waals surface area contributed by atoms with Crippen molar-refractivity contribution in [1.29, 1.82) is 0 Å². The first-order valence-corrected chi connectivity index (χ1v) is 5.99. The van der Waals surface area contributed by atoms with Crippen LogP contribution < -0.4 is 0 Å². The standard InChI is InChI=1S/C14H17NO3/c1-9-4-5-11-10(2)8-15(6-3-7-16)13(11)12(9)14(17)18/h4-5,8,16H,3,6-7H2,1-2H3,(H,17,18). The van der Waals surface area contributed by atoms with Crippen LogP contribution in [0.15, 0.2) is 18.3 Å². The van der Waals surface area contributed by atoms with Crippen LogP contribution in [-0.4, -0.2) is 27.4 Å². The first kappa shape index (κ1) is 12.6. The molecule has 0 atom stereocenters. The number of carboxylic acids is 1. The van der Waals surface area contributed by atoms with Crippen LogP contribution in [0.2, 0.25) is 0 Å². The van der Waals surface area contributed by atoms with Crippen molar-refractivity contribution in [2.45, 2.75) is 26.8 Å². The molecule has 0 unspecified atom stereocenters. The maximum Gasteiger partial charge on any atom is 0.338 e. The number of aliphatic hydroxyl groups excluding tert-OH is 1. The van der Waals surface area contributed by atoms with Crippen molar-refractivity contribution >= 4 is 16.9 Å². The number of nitrogens with zero attached hydrogens (tertiary/aromatic N) is 1. The molecule has 0 radical (unpaired) electrons. The van der Waals surface area contributed by atoms with E-state index in [1.807, 2.05) is 36.7 Å². The Morgan fingerprint density at radius 2 is 2.00 bits per heavy atom. The number of fused-ring (bicyclic) bond motifs is 1. The highest BCUT2D eigenvalue weighted by Gasteiger charge is 2.17. The lowest BCUT2D eigenvalue weighted by Crippen LogP contribution is -2.06. The second-order valence-electron chi connectivity index (χ2n) is 4.54. The molecule has 0 spiro atoms. The van der Waals surface area contributed by atoms with E-state index < -0.39 is 5.97 Å². The number of hydrogen-bond donors (Lipinski definition) is 2. The largest absolute Gasteiger partial charge is 0.478 e. The van der Waals surface area contributed by atoms with Gasteiger partial charge in [0.15, 0.2) is 0 Å². The quantitative estimate of drug-likeness (QED) is 0.871. The van der Waals surface area contributed by atoms with Gasteiger partial charge in [-0.15, -0.1) is 0 Å². The monoisotopic (exact) mass is 247 g/mol. The van der Waals surface area contributed by atoms with Gasteiger partial charge in [-0.3, -0.25) is 0 Å². The zero-order chi connectivity index (χ0) is 13.3. The minimum absolute atomic E-state index is 0.104. The van der Waals surface area contributed by atoms with E-state index in [0.717, 1.165) is 22.0 Å². The molecule has 0 fully saturated rings. The van der Waals surface area contributed by atoms with Gasteiger partial charge in [0.05, 0.1) is 11.1 Å². The fraction of sp³-hybridized carbons (Fsp3) is 0.357. The summed E-state index contributed by atoms with van der Waals surface area (Å²) in [6.45, 7) is 4.51. The molecule has 1 aromatic carbocycles. The van der Waals surface area contributed by atoms with Crippen LogP contribution in [0.25, 0.3) is 10.9 Å². The highest BCUT2D eigenvalue weighted by molar-refractivity contribution is 6.04. The summed E-state index contributed by atoms with van der Waals surface area (Å²) >= 11 is 0. The lowest BCUT2D eigenvalue weighted by Gasteiger charge is -2.08. The van der Waals surface area contributed by atoms with E-state index in [4.69, 9.17) is 5.11 Å². The Bertz CT molecular complexity index is 599. The molecule has 0 amide bonds. The van der Waals surface area contributed by atoms with Crippen LogP contribution in [0, 0.1) is 13.8 Å². The van der Waals surface area contributed by atoms with Gasteiger partial charge in [0.1, 0.15) is 0 Å². The molecule has 4 nitrogen and oxygen atoms in total. The van der Waals surface area contributed by atoms with Crippen LogP contribution in [-0.2, 0) is 6.54 Å². The third-order valence-electron chi connectivity index (χ3n) is 3.22. The number of carboxylic acid groups (broad SMARTS) is 1. The van der Waals surface area contributed by atoms with Gasteiger partial charge in [0, 0.05) is 24.7 Å². The number of carbonyl (C=O) groups is 1. The average molecular weight is 247 g/mol. The molecule has 0 saturated carbocycles. The lowest BCUT2D eigenvalue weighted by atomic mass is 10.0. The molecule has 2 N–H and O–H groups in total. The highest BCUT2D eigenvalue weighted by Crippen LogP contribution is 2.27. The third kappa shape index (κ3) is 1.99. The predicted molar refractivity (Wildman–Crippen MR) is 70.1 cm³/mol. The summed E-state index contributed by atoms with van der Waals surface area (Å²) in [6.07, 6.45) is 2.57. The van der Waals surface area contributed by atoms with Gasteiger partial charge in [-0.1, -0.05) is 12.1 Å². The number of rotatable bonds is 4. The molecule has 96 valence electrons. The van der Waals surface area contributed by atoms with Gasteiger partial charge < -0.3 is 14.8 Å². The van der Waals surface area contributed by atoms with Crippen molar-refractivity contribution in [2.75, 3.05) is 6.61 Å². The SMILES string of the molecule is Cc1ccc2c(C)cn(CCCO)c2c1C(=O)O. The molecule has 1 aromatic heterocycles. The third-order valence-corrected chi connectivity index (χ3v) is 3.22. The van der Waals surface area contributed by atoms with E-state index in [9.17, 15) is 9.90 Å². The molecule has 1 heterocycles. The average Bonchev–Trinajstić information content (AvgIpc) is 2.63. The number of hydrogen-bond acceptors (Lipinski definition) is 2. The Balaban J connectivity index is 2.72. The van der Waals surface area contributed by atoms with Gasteiger partial charge in [0.2, 0.25) is 0 Å². The Morgan fingerprint density at radius 3 is 2.61 bits per heavy atom. The minimum atomic E-state index is -0.901. The Kier molecular flexibility index (Phi) is 3.39. The molecule has 0 saturated heterocycles. The Morgan fingerprint density at radius 1 is 1.28 bits per heavy atom. The van der Waals surface area contributed by atoms with Crippen molar-refractivity contribution in [1.82, 2.24) is 4.57 Å². The van der Waals surface area contributed by atoms with Gasteiger partial charge in [0.25, 0.3) is 0 Å². The van der Waals surface area contributed by atoms with Gasteiger partial charge in [-0.05, 0) is 31.4 Å². The topological polar surface area (TPSA) is 62.5 Å². The van der Waals surface area contributed by atoms with Crippen molar-refractivity contribution < 1.29 is 15.0 Å². The summed E-state index contributed by atoms with van der Waals surface area (Å²) in [5.41, 5.74) is 2.94. The van der Waals surface area contributed by atoms with E-state index in [2.05, 4.69) is 0 Å². The normalized spacial score (nSPS) is 11.1. The number of benzene rings is 1. The number of aromatic nitrogens is 1. The summed E-state index contributed by atoms with van der Waals surface area (Å²) in [4.78, 5) is 11.4. The van der Waals surface area contributed by atoms with Crippen LogP contribution in [0.3, 0.4) is 0 Å². The zero-order valence-electron chi connectivity index (χ0n) is 10.6. The van der Waals surface area contributed by atoms with Crippen LogP contribution in [0.5, 0.6) is 0 Å². The van der Waals surface area contributed by atoms with Crippen molar-refractivity contribution in [3.63, 3.8) is 0 Å². The summed E-state index contributed by atoms with van der Waals surface area (Å²) in [5.74, 6) is -0.901. The zero-order valence-corrected chi connectivity index (χ0v) is 10.6. The molecular weight excluding hydrogens is 230 g/mol. The van der Waals surface area contributed by atoms with Gasteiger partial charge >= 0.3 is 5.97 Å². The van der Waals surface area contributed by atoms with E-state index >= 15 is 0 Å². The maximum absolute atomic E-state index is 11.4. The number of aliphatic hydroxyl groups is 1. The van der Waals surface area contributed by atoms with Crippen molar-refractivity contribution in [3.8, 4) is 0 Å². The highest BCUT2D eigenvalue weighted by atomic mass is 16.4. The predicted octanol–water partition coefficient (Wildman–Crippen LogP) is 2.34. The van der Waals surface area contributed by atoms with Gasteiger partial charge in [-0.2, -0.15) is 0 Å². The molecule has 2 aromatic rings. The lowest BCUT2D eigenvalue weighted by molar-refractivity contribution is 0.0698. The van der Waals surface area contributed by atoms with Crippen LogP contribution >= 0.6 is 0 Å². The first-order chi connectivity index (χ1) is 8.56. The van der Waals surface area contributed by atoms with Crippen LogP contribution in [0.4, 0.5) is 0 Å².